The Balaban J connectivity index is 2.37. The van der Waals surface area contributed by atoms with Crippen molar-refractivity contribution in [3.63, 3.8) is 0 Å². The van der Waals surface area contributed by atoms with Gasteiger partial charge in [-0.2, -0.15) is 0 Å². The molecule has 0 saturated carbocycles. The van der Waals surface area contributed by atoms with E-state index >= 15 is 0 Å². The second-order valence-corrected chi connectivity index (χ2v) is 9.11. The maximum Gasteiger partial charge on any atom is 0.337 e. The second kappa shape index (κ2) is 8.03. The van der Waals surface area contributed by atoms with Gasteiger partial charge in [-0.3, -0.25) is 0 Å². The molecule has 3 aromatic rings. The Morgan fingerprint density at radius 1 is 0.846 bits per heavy atom. The molecule has 0 fully saturated rings. The maximum atomic E-state index is 12.1. The number of rotatable bonds is 5. The Hall–Kier alpha value is -2.83. The predicted molar refractivity (Wildman–Crippen MR) is 113 cm³/mol. The molecule has 0 aliphatic rings. The summed E-state index contributed by atoms with van der Waals surface area (Å²) in [6.45, 7) is 1.90. The van der Waals surface area contributed by atoms with Gasteiger partial charge in [-0.15, -0.1) is 0 Å². The lowest BCUT2D eigenvalue weighted by atomic mass is 10.2. The first-order valence-corrected chi connectivity index (χ1v) is 10.2. The fourth-order valence-electron chi connectivity index (χ4n) is 3.16. The Bertz CT molecular complexity index is 916. The summed E-state index contributed by atoms with van der Waals surface area (Å²) in [6.07, 6.45) is 1.86. The third-order valence-electron chi connectivity index (χ3n) is 4.33. The molecule has 26 heavy (non-hydrogen) atoms. The van der Waals surface area contributed by atoms with Crippen molar-refractivity contribution < 1.29 is 9.53 Å². The molecule has 3 aromatic carbocycles. The molecule has 0 atom stereocenters. The zero-order valence-electron chi connectivity index (χ0n) is 14.7. The molecule has 0 amide bonds. The number of allylic oxidation sites excluding steroid dienone is 1. The van der Waals surface area contributed by atoms with Gasteiger partial charge in [-0.25, -0.2) is 4.79 Å². The Morgan fingerprint density at radius 3 is 1.88 bits per heavy atom. The van der Waals surface area contributed by atoms with Gasteiger partial charge in [0.05, 0.1) is 12.7 Å². The molecule has 0 aromatic heterocycles. The van der Waals surface area contributed by atoms with Gasteiger partial charge in [0.2, 0.25) is 0 Å². The first-order valence-electron chi connectivity index (χ1n) is 8.38. The summed E-state index contributed by atoms with van der Waals surface area (Å²) in [5.41, 5.74) is 0.554. The van der Waals surface area contributed by atoms with Crippen LogP contribution in [0.3, 0.4) is 0 Å². The highest BCUT2D eigenvalue weighted by Gasteiger charge is 2.25. The van der Waals surface area contributed by atoms with Crippen LogP contribution in [0.15, 0.2) is 97.6 Å². The second-order valence-electron chi connectivity index (χ2n) is 5.82. The van der Waals surface area contributed by atoms with Gasteiger partial charge in [0.15, 0.2) is 0 Å². The first kappa shape index (κ1) is 18.0. The topological polar surface area (TPSA) is 26.3 Å². The van der Waals surface area contributed by atoms with Crippen molar-refractivity contribution in [2.45, 2.75) is 0 Å². The highest BCUT2D eigenvalue weighted by atomic mass is 31.2. The fraction of sp³-hybridized carbons (Fsp3) is 0.0435. The van der Waals surface area contributed by atoms with Crippen molar-refractivity contribution in [2.75, 3.05) is 7.11 Å². The number of carbonyl (C=O) groups is 1. The molecule has 0 N–H and O–H groups in total. The van der Waals surface area contributed by atoms with E-state index in [0.717, 1.165) is 5.30 Å². The molecule has 0 bridgehead atoms. The van der Waals surface area contributed by atoms with E-state index in [9.17, 15) is 4.79 Å². The molecule has 130 valence electrons. The van der Waals surface area contributed by atoms with Crippen LogP contribution in [0.4, 0.5) is 0 Å². The van der Waals surface area contributed by atoms with Crippen LogP contribution < -0.4 is 15.9 Å². The standard InChI is InChI=1S/C23H21O2P/c1-3-17-26(20-12-6-4-7-13-20,21-14-8-5-9-15-21)22-16-10-11-19(18-22)23(24)25-2/h3-18H,1H2,2H3. The summed E-state index contributed by atoms with van der Waals surface area (Å²) < 4.78 is 4.92. The highest BCUT2D eigenvalue weighted by Crippen LogP contribution is 2.43. The van der Waals surface area contributed by atoms with Gasteiger partial charge in [-0.05, 0) is 34.9 Å². The minimum Gasteiger partial charge on any atom is -0.465 e. The molecule has 2 nitrogen and oxygen atoms in total. The highest BCUT2D eigenvalue weighted by molar-refractivity contribution is 7.94. The Labute approximate surface area is 154 Å². The SMILES string of the molecule is C=CC=P(c1ccccc1)(c1ccccc1)c1cccc(C(=O)OC)c1. The summed E-state index contributed by atoms with van der Waals surface area (Å²) in [7, 11) is 1.40. The van der Waals surface area contributed by atoms with E-state index in [0.29, 0.717) is 5.56 Å². The first-order chi connectivity index (χ1) is 12.7. The van der Waals surface area contributed by atoms with E-state index in [4.69, 9.17) is 4.74 Å². The van der Waals surface area contributed by atoms with E-state index in [1.54, 1.807) is 6.07 Å². The minimum atomic E-state index is -2.08. The third kappa shape index (κ3) is 3.29. The average Bonchev–Trinajstić information content (AvgIpc) is 2.73. The van der Waals surface area contributed by atoms with E-state index < -0.39 is 6.89 Å². The Kier molecular flexibility index (Phi) is 5.55. The van der Waals surface area contributed by atoms with Crippen LogP contribution in [0.2, 0.25) is 0 Å². The summed E-state index contributed by atoms with van der Waals surface area (Å²) in [4.78, 5) is 12.1. The van der Waals surface area contributed by atoms with Crippen molar-refractivity contribution in [1.82, 2.24) is 0 Å². The molecule has 0 heterocycles. The lowest BCUT2D eigenvalue weighted by Gasteiger charge is -2.28. The molecule has 0 spiro atoms. The van der Waals surface area contributed by atoms with E-state index in [1.165, 1.54) is 17.7 Å². The quantitative estimate of drug-likeness (QED) is 0.512. The molecule has 0 radical (unpaired) electrons. The smallest absolute Gasteiger partial charge is 0.337 e. The van der Waals surface area contributed by atoms with Gasteiger partial charge in [-0.1, -0.05) is 91.2 Å². The maximum absolute atomic E-state index is 12.1. The van der Waals surface area contributed by atoms with Crippen molar-refractivity contribution >= 4 is 34.6 Å². The lowest BCUT2D eigenvalue weighted by molar-refractivity contribution is 0.0601. The molecule has 0 aliphatic carbocycles. The Morgan fingerprint density at radius 2 is 1.38 bits per heavy atom. The zero-order chi connectivity index (χ0) is 18.4. The third-order valence-corrected chi connectivity index (χ3v) is 8.31. The van der Waals surface area contributed by atoms with Crippen molar-refractivity contribution in [2.24, 2.45) is 0 Å². The summed E-state index contributed by atoms with van der Waals surface area (Å²) in [6, 6.07) is 28.5. The van der Waals surface area contributed by atoms with E-state index in [1.807, 2.05) is 54.6 Å². The largest absolute Gasteiger partial charge is 0.465 e. The van der Waals surface area contributed by atoms with Gasteiger partial charge < -0.3 is 4.74 Å². The van der Waals surface area contributed by atoms with Crippen LogP contribution in [-0.2, 0) is 4.74 Å². The van der Waals surface area contributed by atoms with Gasteiger partial charge in [0.1, 0.15) is 0 Å². The van der Waals surface area contributed by atoms with Crippen LogP contribution in [0, 0.1) is 0 Å². The number of benzene rings is 3. The number of hydrogen-bond acceptors (Lipinski definition) is 2. The molecule has 0 aliphatic heterocycles. The molecular weight excluding hydrogens is 339 g/mol. The lowest BCUT2D eigenvalue weighted by Crippen LogP contribution is -2.27. The van der Waals surface area contributed by atoms with Crippen molar-refractivity contribution in [3.05, 3.63) is 103 Å². The predicted octanol–water partition coefficient (Wildman–Crippen LogP) is 3.76. The summed E-state index contributed by atoms with van der Waals surface area (Å²) in [5.74, 6) is 1.86. The average molecular weight is 360 g/mol. The van der Waals surface area contributed by atoms with Crippen LogP contribution in [0.1, 0.15) is 10.4 Å². The number of methoxy groups -OCH3 is 1. The van der Waals surface area contributed by atoms with Gasteiger partial charge in [0.25, 0.3) is 0 Å². The van der Waals surface area contributed by atoms with Crippen LogP contribution in [-0.4, -0.2) is 18.9 Å². The number of hydrogen-bond donors (Lipinski definition) is 0. The molecule has 3 heteroatoms. The number of ether oxygens (including phenoxy) is 1. The monoisotopic (exact) mass is 360 g/mol. The summed E-state index contributed by atoms with van der Waals surface area (Å²) >= 11 is 0. The van der Waals surface area contributed by atoms with Crippen molar-refractivity contribution in [1.29, 1.82) is 0 Å². The van der Waals surface area contributed by atoms with Crippen LogP contribution in [0.5, 0.6) is 0 Å². The van der Waals surface area contributed by atoms with Crippen molar-refractivity contribution in [3.8, 4) is 0 Å². The fourth-order valence-corrected chi connectivity index (χ4v) is 6.84. The minimum absolute atomic E-state index is 0.329. The summed E-state index contributed by atoms with van der Waals surface area (Å²) in [5, 5.41) is 3.53. The molecule has 3 rings (SSSR count). The number of esters is 1. The number of carbonyl (C=O) groups excluding carboxylic acids is 1. The zero-order valence-corrected chi connectivity index (χ0v) is 15.6. The molecule has 0 unspecified atom stereocenters. The normalized spacial score (nSPS) is 10.8. The van der Waals surface area contributed by atoms with Gasteiger partial charge in [0, 0.05) is 0 Å². The molecule has 0 saturated heterocycles. The molecular formula is C23H21O2P. The van der Waals surface area contributed by atoms with Crippen LogP contribution in [0.25, 0.3) is 0 Å². The van der Waals surface area contributed by atoms with E-state index in [2.05, 4.69) is 42.7 Å². The van der Waals surface area contributed by atoms with E-state index in [-0.39, 0.29) is 5.97 Å². The van der Waals surface area contributed by atoms with Gasteiger partial charge >= 0.3 is 5.97 Å². The van der Waals surface area contributed by atoms with Crippen LogP contribution >= 0.6 is 6.89 Å².